The molecule has 23 heavy (non-hydrogen) atoms. The Kier molecular flexibility index (Phi) is 5.64. The smallest absolute Gasteiger partial charge is 0.340 e. The first-order valence-electron chi connectivity index (χ1n) is 6.87. The number of ether oxygens (including phenoxy) is 1. The van der Waals surface area contributed by atoms with Gasteiger partial charge in [0.05, 0.1) is 15.6 Å². The summed E-state index contributed by atoms with van der Waals surface area (Å²) in [7, 11) is 0. The molecule has 0 heterocycles. The molecule has 0 radical (unpaired) electrons. The first kappa shape index (κ1) is 17.3. The third kappa shape index (κ3) is 4.24. The minimum Gasteiger partial charge on any atom is -0.452 e. The van der Waals surface area contributed by atoms with E-state index in [4.69, 9.17) is 27.9 Å². The minimum atomic E-state index is -0.700. The van der Waals surface area contributed by atoms with Crippen molar-refractivity contribution in [3.05, 3.63) is 63.1 Å². The van der Waals surface area contributed by atoms with Crippen molar-refractivity contribution < 1.29 is 14.3 Å². The predicted molar refractivity (Wildman–Crippen MR) is 91.3 cm³/mol. The Bertz CT molecular complexity index is 739. The molecule has 0 spiro atoms. The predicted octanol–water partition coefficient (Wildman–Crippen LogP) is 4.41. The third-order valence-corrected chi connectivity index (χ3v) is 4.07. The van der Waals surface area contributed by atoms with Gasteiger partial charge in [0.15, 0.2) is 6.61 Å². The molecule has 2 aromatic carbocycles. The number of nitrogens with one attached hydrogen (secondary N) is 1. The van der Waals surface area contributed by atoms with Gasteiger partial charge in [-0.3, -0.25) is 4.79 Å². The number of hydrogen-bond acceptors (Lipinski definition) is 3. The van der Waals surface area contributed by atoms with E-state index in [1.165, 1.54) is 6.07 Å². The summed E-state index contributed by atoms with van der Waals surface area (Å²) < 4.78 is 4.98. The van der Waals surface area contributed by atoms with Crippen LogP contribution in [0.15, 0.2) is 36.4 Å². The van der Waals surface area contributed by atoms with Gasteiger partial charge in [-0.05, 0) is 37.1 Å². The summed E-state index contributed by atoms with van der Waals surface area (Å²) in [4.78, 5) is 23.9. The zero-order chi connectivity index (χ0) is 17.0. The molecule has 0 saturated heterocycles. The topological polar surface area (TPSA) is 55.4 Å². The molecule has 0 aliphatic rings. The molecule has 0 aromatic heterocycles. The fourth-order valence-electron chi connectivity index (χ4n) is 2.06. The zero-order valence-electron chi connectivity index (χ0n) is 12.7. The normalized spacial score (nSPS) is 10.3. The molecule has 0 atom stereocenters. The molecule has 2 aromatic rings. The number of anilines is 1. The Hall–Kier alpha value is -2.04. The van der Waals surface area contributed by atoms with E-state index in [0.29, 0.717) is 5.69 Å². The van der Waals surface area contributed by atoms with Gasteiger partial charge in [-0.2, -0.15) is 0 Å². The quantitative estimate of drug-likeness (QED) is 0.830. The largest absolute Gasteiger partial charge is 0.452 e. The van der Waals surface area contributed by atoms with Gasteiger partial charge < -0.3 is 10.1 Å². The van der Waals surface area contributed by atoms with Crippen LogP contribution in [0.5, 0.6) is 0 Å². The van der Waals surface area contributed by atoms with Crippen molar-refractivity contribution in [2.75, 3.05) is 11.9 Å². The fourth-order valence-corrected chi connectivity index (χ4v) is 2.44. The number of para-hydroxylation sites is 1. The van der Waals surface area contributed by atoms with Crippen LogP contribution in [-0.4, -0.2) is 18.5 Å². The minimum absolute atomic E-state index is 0.106. The highest BCUT2D eigenvalue weighted by Gasteiger charge is 2.16. The van der Waals surface area contributed by atoms with Gasteiger partial charge in [-0.25, -0.2) is 4.79 Å². The van der Waals surface area contributed by atoms with Crippen molar-refractivity contribution in [3.63, 3.8) is 0 Å². The third-order valence-electron chi connectivity index (χ3n) is 3.25. The van der Waals surface area contributed by atoms with Gasteiger partial charge >= 0.3 is 5.97 Å². The fraction of sp³-hybridized carbons (Fsp3) is 0.176. The maximum Gasteiger partial charge on any atom is 0.340 e. The van der Waals surface area contributed by atoms with Gasteiger partial charge in [-0.1, -0.05) is 47.5 Å². The first-order valence-corrected chi connectivity index (χ1v) is 7.63. The van der Waals surface area contributed by atoms with Gasteiger partial charge in [0.2, 0.25) is 0 Å². The van der Waals surface area contributed by atoms with Crippen molar-refractivity contribution in [1.82, 2.24) is 0 Å². The lowest BCUT2D eigenvalue weighted by Crippen LogP contribution is -2.22. The van der Waals surface area contributed by atoms with Crippen LogP contribution in [-0.2, 0) is 9.53 Å². The first-order chi connectivity index (χ1) is 10.9. The maximum absolute atomic E-state index is 12.0. The lowest BCUT2D eigenvalue weighted by atomic mass is 10.1. The van der Waals surface area contributed by atoms with Crippen LogP contribution in [0.4, 0.5) is 5.69 Å². The molecule has 0 unspecified atom stereocenters. The van der Waals surface area contributed by atoms with Crippen LogP contribution in [0.3, 0.4) is 0 Å². The Morgan fingerprint density at radius 2 is 1.65 bits per heavy atom. The molecular formula is C17H15Cl2NO3. The van der Waals surface area contributed by atoms with E-state index in [9.17, 15) is 9.59 Å². The van der Waals surface area contributed by atoms with Crippen LogP contribution < -0.4 is 5.32 Å². The summed E-state index contributed by atoms with van der Waals surface area (Å²) >= 11 is 11.8. The van der Waals surface area contributed by atoms with Crippen LogP contribution in [0, 0.1) is 13.8 Å². The average molecular weight is 352 g/mol. The highest BCUT2D eigenvalue weighted by Crippen LogP contribution is 2.26. The van der Waals surface area contributed by atoms with E-state index in [-0.39, 0.29) is 15.6 Å². The molecule has 6 heteroatoms. The summed E-state index contributed by atoms with van der Waals surface area (Å²) in [5.74, 6) is -1.12. The Labute approximate surface area is 144 Å². The van der Waals surface area contributed by atoms with Crippen LogP contribution in [0.25, 0.3) is 0 Å². The second kappa shape index (κ2) is 7.49. The zero-order valence-corrected chi connectivity index (χ0v) is 14.2. The highest BCUT2D eigenvalue weighted by atomic mass is 35.5. The molecule has 4 nitrogen and oxygen atoms in total. The van der Waals surface area contributed by atoms with Crippen molar-refractivity contribution in [2.45, 2.75) is 13.8 Å². The molecule has 1 amide bonds. The average Bonchev–Trinajstić information content (AvgIpc) is 2.51. The van der Waals surface area contributed by atoms with E-state index in [0.717, 1.165) is 11.1 Å². The lowest BCUT2D eigenvalue weighted by Gasteiger charge is -2.12. The van der Waals surface area contributed by atoms with Crippen molar-refractivity contribution in [1.29, 1.82) is 0 Å². The van der Waals surface area contributed by atoms with E-state index in [1.54, 1.807) is 12.1 Å². The van der Waals surface area contributed by atoms with Crippen molar-refractivity contribution in [2.24, 2.45) is 0 Å². The molecule has 120 valence electrons. The molecule has 0 aliphatic heterocycles. The number of carbonyl (C=O) groups excluding carboxylic acids is 2. The van der Waals surface area contributed by atoms with E-state index in [1.807, 2.05) is 32.0 Å². The van der Waals surface area contributed by atoms with Gasteiger partial charge in [0, 0.05) is 5.69 Å². The molecule has 0 aliphatic carbocycles. The van der Waals surface area contributed by atoms with Crippen molar-refractivity contribution >= 4 is 40.8 Å². The SMILES string of the molecule is Cc1cccc(C)c1NC(=O)COC(=O)c1cccc(Cl)c1Cl. The van der Waals surface area contributed by atoms with Crippen LogP contribution >= 0.6 is 23.2 Å². The number of esters is 1. The summed E-state index contributed by atoms with van der Waals surface area (Å²) in [6, 6.07) is 10.3. The summed E-state index contributed by atoms with van der Waals surface area (Å²) in [5.41, 5.74) is 2.71. The number of benzene rings is 2. The molecular weight excluding hydrogens is 337 g/mol. The van der Waals surface area contributed by atoms with Gasteiger partial charge in [0.1, 0.15) is 0 Å². The summed E-state index contributed by atoms with van der Waals surface area (Å²) in [6.07, 6.45) is 0. The van der Waals surface area contributed by atoms with E-state index < -0.39 is 18.5 Å². The molecule has 0 saturated carbocycles. The summed E-state index contributed by atoms with van der Waals surface area (Å²) in [6.45, 7) is 3.37. The van der Waals surface area contributed by atoms with Crippen LogP contribution in [0.1, 0.15) is 21.5 Å². The Morgan fingerprint density at radius 1 is 1.04 bits per heavy atom. The Morgan fingerprint density at radius 3 is 2.30 bits per heavy atom. The second-order valence-electron chi connectivity index (χ2n) is 4.99. The molecule has 0 fully saturated rings. The van der Waals surface area contributed by atoms with E-state index >= 15 is 0 Å². The van der Waals surface area contributed by atoms with E-state index in [2.05, 4.69) is 5.32 Å². The van der Waals surface area contributed by atoms with Gasteiger partial charge in [0.25, 0.3) is 5.91 Å². The molecule has 2 rings (SSSR count). The number of halogens is 2. The number of hydrogen-bond donors (Lipinski definition) is 1. The Balaban J connectivity index is 1.99. The van der Waals surface area contributed by atoms with Crippen LogP contribution in [0.2, 0.25) is 10.0 Å². The standard InChI is InChI=1S/C17H15Cl2NO3/c1-10-5-3-6-11(2)16(10)20-14(21)9-23-17(22)12-7-4-8-13(18)15(12)19/h3-8H,9H2,1-2H3,(H,20,21). The molecule has 1 N–H and O–H groups in total. The highest BCUT2D eigenvalue weighted by molar-refractivity contribution is 6.43. The number of aryl methyl sites for hydroxylation is 2. The lowest BCUT2D eigenvalue weighted by molar-refractivity contribution is -0.119. The monoisotopic (exact) mass is 351 g/mol. The summed E-state index contributed by atoms with van der Waals surface area (Å²) in [5, 5.41) is 3.09. The van der Waals surface area contributed by atoms with Gasteiger partial charge in [-0.15, -0.1) is 0 Å². The number of amides is 1. The second-order valence-corrected chi connectivity index (χ2v) is 5.78. The number of carbonyl (C=O) groups is 2. The van der Waals surface area contributed by atoms with Crippen molar-refractivity contribution in [3.8, 4) is 0 Å². The number of rotatable bonds is 4. The molecule has 0 bridgehead atoms. The maximum atomic E-state index is 12.0.